The van der Waals surface area contributed by atoms with Crippen LogP contribution in [0.25, 0.3) is 0 Å². The molecule has 0 aliphatic heterocycles. The maximum atomic E-state index is 12.6. The van der Waals surface area contributed by atoms with Crippen LogP contribution < -0.4 is 0 Å². The fourth-order valence-corrected chi connectivity index (χ4v) is 0.510. The second-order valence-electron chi connectivity index (χ2n) is 2.82. The molecule has 0 fully saturated rings. The van der Waals surface area contributed by atoms with Gasteiger partial charge in [0.1, 0.15) is 0 Å². The van der Waals surface area contributed by atoms with Gasteiger partial charge in [0.2, 0.25) is 0 Å². The van der Waals surface area contributed by atoms with Crippen molar-refractivity contribution in [2.75, 3.05) is 6.61 Å². The summed E-state index contributed by atoms with van der Waals surface area (Å²) in [5.74, 6) is -5.02. The minimum absolute atomic E-state index is 0.974. The van der Waals surface area contributed by atoms with Gasteiger partial charge in [-0.15, -0.1) is 0 Å². The summed E-state index contributed by atoms with van der Waals surface area (Å²) in [6, 6.07) is 0. The summed E-state index contributed by atoms with van der Waals surface area (Å²) in [6.07, 6.45) is -11.7. The van der Waals surface area contributed by atoms with Crippen molar-refractivity contribution in [2.45, 2.75) is 31.5 Å². The number of hydrogen-bond acceptors (Lipinski definition) is 3. The van der Waals surface area contributed by atoms with Crippen LogP contribution in [0, 0.1) is 0 Å². The molecule has 0 saturated heterocycles. The van der Waals surface area contributed by atoms with Gasteiger partial charge in [-0.25, -0.2) is 8.78 Å². The third-order valence-corrected chi connectivity index (χ3v) is 1.20. The van der Waals surface area contributed by atoms with Gasteiger partial charge >= 0.3 is 27.2 Å². The van der Waals surface area contributed by atoms with Crippen LogP contribution in [0.1, 0.15) is 6.92 Å². The van der Waals surface area contributed by atoms with Crippen LogP contribution in [0.4, 0.5) is 34.7 Å². The highest BCUT2D eigenvalue weighted by Crippen LogP contribution is 2.39. The van der Waals surface area contributed by atoms with Crippen molar-refractivity contribution in [1.82, 2.24) is 0 Å². The van der Waals surface area contributed by atoms with E-state index in [9.17, 15) is 34.7 Å². The van der Waals surface area contributed by atoms with Gasteiger partial charge in [0.15, 0.2) is 0 Å². The van der Waals surface area contributed by atoms with Crippen molar-refractivity contribution < 1.29 is 49.5 Å². The molecular weight excluding hydrogens is 303 g/mol. The molecule has 0 rings (SSSR count). The van der Waals surface area contributed by atoms with Crippen molar-refractivity contribution in [3.05, 3.63) is 0 Å². The maximum absolute atomic E-state index is 12.6. The fraction of sp³-hybridized carbons (Fsp3) is 1.00. The predicted molar refractivity (Wildman–Crippen MR) is 44.9 cm³/mol. The quantitative estimate of drug-likeness (QED) is 0.620. The largest absolute Gasteiger partial charge is 0.454 e. The highest BCUT2D eigenvalue weighted by molar-refractivity contribution is 7.39. The Labute approximate surface area is 97.4 Å². The molecule has 0 amide bonds. The molecule has 2 N–H and O–H groups in total. The first kappa shape index (κ1) is 20.1. The monoisotopic (exact) mass is 312 g/mol. The summed E-state index contributed by atoms with van der Waals surface area (Å²) in [5, 5.41) is 8.46. The van der Waals surface area contributed by atoms with Gasteiger partial charge in [0.25, 0.3) is 0 Å². The molecule has 112 valence electrons. The zero-order valence-electron chi connectivity index (χ0n) is 8.64. The maximum Gasteiger partial charge on any atom is 0.454 e. The second-order valence-corrected chi connectivity index (χ2v) is 3.25. The number of aliphatic hydroxyl groups is 1. The Morgan fingerprint density at radius 3 is 1.67 bits per heavy atom. The van der Waals surface area contributed by atoms with Gasteiger partial charge in [-0.05, 0) is 6.92 Å². The lowest BCUT2D eigenvalue weighted by atomic mass is 10.3. The van der Waals surface area contributed by atoms with E-state index in [0.29, 0.717) is 0 Å². The van der Waals surface area contributed by atoms with Crippen LogP contribution in [0.5, 0.6) is 0 Å². The van der Waals surface area contributed by atoms with Crippen molar-refractivity contribution in [2.24, 2.45) is 0 Å². The summed E-state index contributed by atoms with van der Waals surface area (Å²) >= 11 is 0. The molecule has 0 aromatic heterocycles. The number of hydrogen-bond donors (Lipinski definition) is 2. The number of alkyl halides is 6. The van der Waals surface area contributed by atoms with Crippen LogP contribution >= 0.6 is 8.77 Å². The Morgan fingerprint density at radius 2 is 1.50 bits per heavy atom. The highest BCUT2D eigenvalue weighted by atomic mass is 31.2. The van der Waals surface area contributed by atoms with Crippen molar-refractivity contribution in [3.63, 3.8) is 0 Å². The Morgan fingerprint density at radius 1 is 1.17 bits per heavy atom. The molecule has 0 aromatic rings. The third-order valence-electron chi connectivity index (χ3n) is 1.20. The molecule has 0 heterocycles. The SMILES string of the molecule is CC(O)COC(F)(C(F)F)C(F)(F)F.OP(F)F. The van der Waals surface area contributed by atoms with Crippen LogP contribution in [0.3, 0.4) is 0 Å². The zero-order chi connectivity index (χ0) is 15.1. The molecule has 2 atom stereocenters. The summed E-state index contributed by atoms with van der Waals surface area (Å²) < 4.78 is 94.5. The topological polar surface area (TPSA) is 49.7 Å². The van der Waals surface area contributed by atoms with E-state index in [1.165, 1.54) is 0 Å². The Balaban J connectivity index is 0. The average molecular weight is 312 g/mol. The van der Waals surface area contributed by atoms with Crippen molar-refractivity contribution in [1.29, 1.82) is 0 Å². The van der Waals surface area contributed by atoms with Gasteiger partial charge < -0.3 is 14.7 Å². The van der Waals surface area contributed by atoms with Gasteiger partial charge in [0.05, 0.1) is 12.7 Å². The van der Waals surface area contributed by atoms with E-state index in [-0.39, 0.29) is 0 Å². The summed E-state index contributed by atoms with van der Waals surface area (Å²) in [7, 11) is -3.62. The number of rotatable bonds is 4. The molecule has 0 aliphatic carbocycles. The van der Waals surface area contributed by atoms with E-state index in [4.69, 9.17) is 10.00 Å². The lowest BCUT2D eigenvalue weighted by Crippen LogP contribution is -2.50. The minimum atomic E-state index is -5.84. The predicted octanol–water partition coefficient (Wildman–Crippen LogP) is 3.02. The molecule has 3 nitrogen and oxygen atoms in total. The van der Waals surface area contributed by atoms with Crippen LogP contribution in [-0.2, 0) is 4.74 Å². The van der Waals surface area contributed by atoms with E-state index in [1.807, 2.05) is 0 Å². The van der Waals surface area contributed by atoms with Crippen molar-refractivity contribution in [3.8, 4) is 0 Å². The molecule has 18 heavy (non-hydrogen) atoms. The number of aliphatic hydroxyl groups excluding tert-OH is 1. The summed E-state index contributed by atoms with van der Waals surface area (Å²) in [4.78, 5) is 6.79. The molecule has 0 bridgehead atoms. The molecule has 0 radical (unpaired) electrons. The van der Waals surface area contributed by atoms with Gasteiger partial charge in [0, 0.05) is 0 Å². The first-order valence-corrected chi connectivity index (χ1v) is 5.08. The molecule has 12 heteroatoms. The Bertz CT molecular complexity index is 221. The van der Waals surface area contributed by atoms with Gasteiger partial charge in [-0.3, -0.25) is 0 Å². The van der Waals surface area contributed by atoms with Crippen LogP contribution in [0.2, 0.25) is 0 Å². The molecule has 0 spiro atoms. The fourth-order valence-electron chi connectivity index (χ4n) is 0.510. The minimum Gasteiger partial charge on any atom is -0.391 e. The summed E-state index contributed by atoms with van der Waals surface area (Å²) in [5.41, 5.74) is 0. The molecular formula is C6H9F8O3P. The highest BCUT2D eigenvalue weighted by Gasteiger charge is 2.64. The van der Waals surface area contributed by atoms with E-state index >= 15 is 0 Å². The smallest absolute Gasteiger partial charge is 0.391 e. The lowest BCUT2D eigenvalue weighted by molar-refractivity contribution is -0.372. The Hall–Kier alpha value is -0.250. The van der Waals surface area contributed by atoms with E-state index in [2.05, 4.69) is 4.74 Å². The average Bonchev–Trinajstić information content (AvgIpc) is 2.10. The first-order valence-electron chi connectivity index (χ1n) is 4.01. The molecule has 0 aliphatic rings. The normalized spacial score (nSPS) is 17.2. The summed E-state index contributed by atoms with van der Waals surface area (Å²) in [6.45, 7) is -0.192. The van der Waals surface area contributed by atoms with E-state index in [0.717, 1.165) is 6.92 Å². The van der Waals surface area contributed by atoms with E-state index in [1.54, 1.807) is 0 Å². The van der Waals surface area contributed by atoms with E-state index < -0.39 is 39.9 Å². The Kier molecular flexibility index (Phi) is 8.95. The molecule has 2 unspecified atom stereocenters. The van der Waals surface area contributed by atoms with Crippen LogP contribution in [-0.4, -0.2) is 41.2 Å². The standard InChI is InChI=1S/C6H8F6O2.F2HOP/c1-3(13)2-14-5(9,4(7)8)6(10,11)12;1-4(2)3/h3-4,13H,2H2,1H3;3H. The first-order chi connectivity index (χ1) is 7.84. The van der Waals surface area contributed by atoms with Gasteiger partial charge in [-0.2, -0.15) is 26.0 Å². The lowest BCUT2D eigenvalue weighted by Gasteiger charge is -2.27. The number of ether oxygens (including phenoxy) is 1. The second kappa shape index (κ2) is 8.03. The molecule has 0 aromatic carbocycles. The van der Waals surface area contributed by atoms with Gasteiger partial charge in [-0.1, -0.05) is 0 Å². The zero-order valence-corrected chi connectivity index (χ0v) is 9.53. The van der Waals surface area contributed by atoms with Crippen LogP contribution in [0.15, 0.2) is 0 Å². The van der Waals surface area contributed by atoms with Crippen molar-refractivity contribution >= 4 is 8.77 Å². The third kappa shape index (κ3) is 7.96. The number of halogens is 8. The molecule has 0 saturated carbocycles.